The predicted octanol–water partition coefficient (Wildman–Crippen LogP) is 4.13. The molecule has 0 spiro atoms. The molecule has 0 unspecified atom stereocenters. The van der Waals surface area contributed by atoms with Gasteiger partial charge >= 0.3 is 0 Å². The van der Waals surface area contributed by atoms with Crippen LogP contribution in [0.25, 0.3) is 5.69 Å². The van der Waals surface area contributed by atoms with Crippen molar-refractivity contribution in [2.45, 2.75) is 20.4 Å². The first-order valence-electron chi connectivity index (χ1n) is 7.17. The predicted molar refractivity (Wildman–Crippen MR) is 93.5 cm³/mol. The summed E-state index contributed by atoms with van der Waals surface area (Å²) in [6, 6.07) is 9.36. The Bertz CT molecular complexity index is 836. The smallest absolute Gasteiger partial charge is 0.252 e. The van der Waals surface area contributed by atoms with Crippen LogP contribution >= 0.6 is 22.9 Å². The number of halogens is 1. The van der Waals surface area contributed by atoms with Gasteiger partial charge in [0.25, 0.3) is 5.91 Å². The van der Waals surface area contributed by atoms with E-state index < -0.39 is 0 Å². The number of hydrogen-bond donors (Lipinski definition) is 1. The Labute approximate surface area is 143 Å². The zero-order chi connectivity index (χ0) is 16.4. The number of aromatic nitrogens is 2. The molecular formula is C17H16ClN3OS. The summed E-state index contributed by atoms with van der Waals surface area (Å²) in [5, 5.41) is 7.94. The summed E-state index contributed by atoms with van der Waals surface area (Å²) in [6.07, 6.45) is 3.65. The number of rotatable bonds is 4. The van der Waals surface area contributed by atoms with E-state index in [0.29, 0.717) is 11.6 Å². The highest BCUT2D eigenvalue weighted by atomic mass is 35.5. The Balaban J connectivity index is 1.66. The van der Waals surface area contributed by atoms with E-state index in [1.54, 1.807) is 22.2 Å². The number of nitrogens with zero attached hydrogens (tertiary/aromatic N) is 2. The van der Waals surface area contributed by atoms with E-state index in [1.165, 1.54) is 0 Å². The lowest BCUT2D eigenvalue weighted by molar-refractivity contribution is 0.0951. The molecule has 1 N–H and O–H groups in total. The van der Waals surface area contributed by atoms with Crippen molar-refractivity contribution in [3.8, 4) is 5.69 Å². The summed E-state index contributed by atoms with van der Waals surface area (Å²) >= 11 is 7.52. The Hall–Kier alpha value is -2.11. The van der Waals surface area contributed by atoms with Crippen molar-refractivity contribution in [1.82, 2.24) is 15.1 Å². The molecule has 0 saturated carbocycles. The first-order valence-corrected chi connectivity index (χ1v) is 8.37. The van der Waals surface area contributed by atoms with Crippen molar-refractivity contribution in [2.75, 3.05) is 0 Å². The second kappa shape index (κ2) is 6.56. The van der Waals surface area contributed by atoms with Crippen molar-refractivity contribution >= 4 is 28.8 Å². The summed E-state index contributed by atoms with van der Waals surface area (Å²) in [5.41, 5.74) is 2.62. The SMILES string of the molecule is Cc1cc(C(=O)NCc2cnn(-c3ccc(Cl)cc3)c2)c(C)s1. The van der Waals surface area contributed by atoms with Gasteiger partial charge in [0, 0.05) is 33.1 Å². The van der Waals surface area contributed by atoms with Gasteiger partial charge in [-0.15, -0.1) is 11.3 Å². The largest absolute Gasteiger partial charge is 0.348 e. The van der Waals surface area contributed by atoms with Crippen LogP contribution < -0.4 is 5.32 Å². The van der Waals surface area contributed by atoms with Gasteiger partial charge in [0.05, 0.1) is 17.4 Å². The Kier molecular flexibility index (Phi) is 4.50. The fourth-order valence-electron chi connectivity index (χ4n) is 2.32. The molecule has 0 bridgehead atoms. The highest BCUT2D eigenvalue weighted by Gasteiger charge is 2.12. The lowest BCUT2D eigenvalue weighted by Crippen LogP contribution is -2.22. The molecule has 0 aliphatic carbocycles. The number of hydrogen-bond acceptors (Lipinski definition) is 3. The van der Waals surface area contributed by atoms with Crippen molar-refractivity contribution in [3.05, 3.63) is 68.6 Å². The summed E-state index contributed by atoms with van der Waals surface area (Å²) in [7, 11) is 0. The number of amides is 1. The minimum Gasteiger partial charge on any atom is -0.348 e. The molecule has 1 amide bonds. The van der Waals surface area contributed by atoms with E-state index in [1.807, 2.05) is 50.4 Å². The van der Waals surface area contributed by atoms with Crippen molar-refractivity contribution in [2.24, 2.45) is 0 Å². The molecule has 0 aliphatic heterocycles. The summed E-state index contributed by atoms with van der Waals surface area (Å²) < 4.78 is 1.76. The molecule has 23 heavy (non-hydrogen) atoms. The quantitative estimate of drug-likeness (QED) is 0.772. The molecule has 0 aliphatic rings. The number of carbonyl (C=O) groups is 1. The lowest BCUT2D eigenvalue weighted by atomic mass is 10.2. The fourth-order valence-corrected chi connectivity index (χ4v) is 3.37. The Morgan fingerprint density at radius 2 is 2.04 bits per heavy atom. The van der Waals surface area contributed by atoms with Crippen LogP contribution in [0.15, 0.2) is 42.7 Å². The first-order chi connectivity index (χ1) is 11.0. The average molecular weight is 346 g/mol. The summed E-state index contributed by atoms with van der Waals surface area (Å²) in [6.45, 7) is 4.41. The summed E-state index contributed by atoms with van der Waals surface area (Å²) in [5.74, 6) is -0.0499. The van der Waals surface area contributed by atoms with Gasteiger partial charge in [-0.3, -0.25) is 4.79 Å². The zero-order valence-electron chi connectivity index (χ0n) is 12.8. The number of carbonyl (C=O) groups excluding carboxylic acids is 1. The van der Waals surface area contributed by atoms with Crippen LogP contribution in [0.3, 0.4) is 0 Å². The van der Waals surface area contributed by atoms with E-state index in [0.717, 1.165) is 26.6 Å². The maximum atomic E-state index is 12.2. The van der Waals surface area contributed by atoms with Gasteiger partial charge in [-0.25, -0.2) is 4.68 Å². The lowest BCUT2D eigenvalue weighted by Gasteiger charge is -2.03. The number of nitrogens with one attached hydrogen (secondary N) is 1. The van der Waals surface area contributed by atoms with Crippen molar-refractivity contribution in [3.63, 3.8) is 0 Å². The molecule has 4 nitrogen and oxygen atoms in total. The van der Waals surface area contributed by atoms with Crippen molar-refractivity contribution in [1.29, 1.82) is 0 Å². The van der Waals surface area contributed by atoms with Gasteiger partial charge in [-0.2, -0.15) is 5.10 Å². The van der Waals surface area contributed by atoms with Crippen LogP contribution in [0, 0.1) is 13.8 Å². The number of thiophene rings is 1. The van der Waals surface area contributed by atoms with Crippen LogP contribution in [0.1, 0.15) is 25.7 Å². The van der Waals surface area contributed by atoms with Crippen LogP contribution in [0.2, 0.25) is 5.02 Å². The van der Waals surface area contributed by atoms with E-state index in [9.17, 15) is 4.79 Å². The number of aryl methyl sites for hydroxylation is 2. The maximum absolute atomic E-state index is 12.2. The minimum atomic E-state index is -0.0499. The van der Waals surface area contributed by atoms with E-state index in [-0.39, 0.29) is 5.91 Å². The molecule has 6 heteroatoms. The Morgan fingerprint density at radius 1 is 1.30 bits per heavy atom. The third kappa shape index (κ3) is 3.63. The van der Waals surface area contributed by atoms with Crippen molar-refractivity contribution < 1.29 is 4.79 Å². The minimum absolute atomic E-state index is 0.0499. The van der Waals surface area contributed by atoms with Gasteiger partial charge in [0.1, 0.15) is 0 Å². The molecule has 3 aromatic rings. The fraction of sp³-hybridized carbons (Fsp3) is 0.176. The molecule has 2 aromatic heterocycles. The van der Waals surface area contributed by atoms with Crippen LogP contribution in [0.4, 0.5) is 0 Å². The normalized spacial score (nSPS) is 10.7. The molecule has 3 rings (SSSR count). The van der Waals surface area contributed by atoms with Gasteiger partial charge in [0.15, 0.2) is 0 Å². The van der Waals surface area contributed by atoms with E-state index in [2.05, 4.69) is 10.4 Å². The van der Waals surface area contributed by atoms with Crippen LogP contribution in [-0.2, 0) is 6.54 Å². The van der Waals surface area contributed by atoms with E-state index in [4.69, 9.17) is 11.6 Å². The molecule has 0 fully saturated rings. The Morgan fingerprint density at radius 3 is 2.70 bits per heavy atom. The topological polar surface area (TPSA) is 46.9 Å². The molecule has 0 saturated heterocycles. The summed E-state index contributed by atoms with van der Waals surface area (Å²) in [4.78, 5) is 14.4. The van der Waals surface area contributed by atoms with Gasteiger partial charge in [-0.1, -0.05) is 11.6 Å². The maximum Gasteiger partial charge on any atom is 0.252 e. The van der Waals surface area contributed by atoms with Gasteiger partial charge < -0.3 is 5.32 Å². The first kappa shape index (κ1) is 15.8. The monoisotopic (exact) mass is 345 g/mol. The zero-order valence-corrected chi connectivity index (χ0v) is 14.4. The molecule has 0 atom stereocenters. The molecule has 1 aromatic carbocycles. The second-order valence-corrected chi connectivity index (χ2v) is 7.18. The highest BCUT2D eigenvalue weighted by Crippen LogP contribution is 2.20. The second-order valence-electron chi connectivity index (χ2n) is 5.28. The standard InChI is InChI=1S/C17H16ClN3OS/c1-11-7-16(12(2)23-11)17(22)19-8-13-9-20-21(10-13)15-5-3-14(18)4-6-15/h3-7,9-10H,8H2,1-2H3,(H,19,22). The molecule has 118 valence electrons. The van der Waals surface area contributed by atoms with E-state index >= 15 is 0 Å². The van der Waals surface area contributed by atoms with Gasteiger partial charge in [0.2, 0.25) is 0 Å². The average Bonchev–Trinajstić information content (AvgIpc) is 3.12. The van der Waals surface area contributed by atoms with Gasteiger partial charge in [-0.05, 0) is 44.2 Å². The van der Waals surface area contributed by atoms with Crippen LogP contribution in [0.5, 0.6) is 0 Å². The molecule has 0 radical (unpaired) electrons. The number of benzene rings is 1. The molecular weight excluding hydrogens is 330 g/mol. The van der Waals surface area contributed by atoms with Crippen LogP contribution in [-0.4, -0.2) is 15.7 Å². The third-order valence-electron chi connectivity index (χ3n) is 3.47. The molecule has 2 heterocycles. The highest BCUT2D eigenvalue weighted by molar-refractivity contribution is 7.12. The third-order valence-corrected chi connectivity index (χ3v) is 4.68.